The molecule has 0 aliphatic carbocycles. The van der Waals surface area contributed by atoms with Crippen molar-refractivity contribution in [3.8, 4) is 12.3 Å². The van der Waals surface area contributed by atoms with E-state index in [-0.39, 0.29) is 6.04 Å². The highest BCUT2D eigenvalue weighted by Crippen LogP contribution is 2.22. The van der Waals surface area contributed by atoms with E-state index in [9.17, 15) is 0 Å². The number of hydrogen-bond donors (Lipinski definition) is 2. The number of nitrogens with one attached hydrogen (secondary N) is 1. The van der Waals surface area contributed by atoms with Crippen molar-refractivity contribution in [1.29, 1.82) is 0 Å². The third kappa shape index (κ3) is 2.11. The van der Waals surface area contributed by atoms with Gasteiger partial charge in [-0.25, -0.2) is 0 Å². The van der Waals surface area contributed by atoms with Crippen LogP contribution in [0.4, 0.5) is 0 Å². The molecule has 0 saturated heterocycles. The zero-order chi connectivity index (χ0) is 9.84. The maximum absolute atomic E-state index is 5.38. The number of terminal acetylenes is 1. The maximum Gasteiger partial charge on any atom is 0.105 e. The molecule has 3 N–H and O–H groups in total. The Bertz CT molecular complexity index is 322. The van der Waals surface area contributed by atoms with Gasteiger partial charge in [0.2, 0.25) is 0 Å². The monoisotopic (exact) mass is 178 g/mol. The number of aryl methyl sites for hydroxylation is 2. The Morgan fingerprint density at radius 1 is 1.69 bits per heavy atom. The molecule has 0 aromatic carbocycles. The van der Waals surface area contributed by atoms with E-state index >= 15 is 0 Å². The first kappa shape index (κ1) is 9.85. The molecule has 0 fully saturated rings. The van der Waals surface area contributed by atoms with E-state index in [1.807, 2.05) is 19.9 Å². The van der Waals surface area contributed by atoms with Gasteiger partial charge in [0.05, 0.1) is 6.04 Å². The standard InChI is InChI=1S/C10H14N2O/c1-4-5-10(12-11)9-6-7(2)13-8(9)3/h1,6,10,12H,5,11H2,2-3H3. The Balaban J connectivity index is 2.91. The first-order valence-corrected chi connectivity index (χ1v) is 4.15. The highest BCUT2D eigenvalue weighted by atomic mass is 16.3. The highest BCUT2D eigenvalue weighted by molar-refractivity contribution is 5.25. The molecule has 0 radical (unpaired) electrons. The molecule has 0 aliphatic heterocycles. The summed E-state index contributed by atoms with van der Waals surface area (Å²) in [6, 6.07) is 1.94. The van der Waals surface area contributed by atoms with E-state index in [0.717, 1.165) is 17.1 Å². The van der Waals surface area contributed by atoms with Crippen LogP contribution in [0.1, 0.15) is 29.5 Å². The Hall–Kier alpha value is -1.24. The predicted octanol–water partition coefficient (Wildman–Crippen LogP) is 1.42. The first-order valence-electron chi connectivity index (χ1n) is 4.15. The van der Waals surface area contributed by atoms with E-state index in [1.54, 1.807) is 0 Å². The van der Waals surface area contributed by atoms with Gasteiger partial charge in [-0.05, 0) is 19.9 Å². The van der Waals surface area contributed by atoms with Gasteiger partial charge in [0.1, 0.15) is 11.5 Å². The van der Waals surface area contributed by atoms with Gasteiger partial charge in [0.25, 0.3) is 0 Å². The molecule has 0 aliphatic rings. The molecule has 3 nitrogen and oxygen atoms in total. The largest absolute Gasteiger partial charge is 0.466 e. The average molecular weight is 178 g/mol. The van der Waals surface area contributed by atoms with Gasteiger partial charge in [-0.3, -0.25) is 11.3 Å². The zero-order valence-electron chi connectivity index (χ0n) is 7.92. The van der Waals surface area contributed by atoms with Crippen molar-refractivity contribution in [1.82, 2.24) is 5.43 Å². The van der Waals surface area contributed by atoms with Crippen molar-refractivity contribution >= 4 is 0 Å². The van der Waals surface area contributed by atoms with E-state index in [2.05, 4.69) is 11.3 Å². The Morgan fingerprint density at radius 3 is 2.77 bits per heavy atom. The van der Waals surface area contributed by atoms with Gasteiger partial charge in [-0.15, -0.1) is 12.3 Å². The van der Waals surface area contributed by atoms with Crippen LogP contribution >= 0.6 is 0 Å². The fourth-order valence-electron chi connectivity index (χ4n) is 1.37. The van der Waals surface area contributed by atoms with Crippen molar-refractivity contribution in [3.63, 3.8) is 0 Å². The van der Waals surface area contributed by atoms with Crippen LogP contribution in [0.3, 0.4) is 0 Å². The summed E-state index contributed by atoms with van der Waals surface area (Å²) >= 11 is 0. The van der Waals surface area contributed by atoms with E-state index in [4.69, 9.17) is 16.7 Å². The van der Waals surface area contributed by atoms with Gasteiger partial charge in [-0.2, -0.15) is 0 Å². The van der Waals surface area contributed by atoms with Crippen LogP contribution in [0.2, 0.25) is 0 Å². The third-order valence-corrected chi connectivity index (χ3v) is 1.98. The normalized spacial score (nSPS) is 12.5. The minimum Gasteiger partial charge on any atom is -0.466 e. The third-order valence-electron chi connectivity index (χ3n) is 1.98. The number of nitrogens with two attached hydrogens (primary N) is 1. The topological polar surface area (TPSA) is 51.2 Å². The summed E-state index contributed by atoms with van der Waals surface area (Å²) < 4.78 is 5.38. The summed E-state index contributed by atoms with van der Waals surface area (Å²) in [7, 11) is 0. The average Bonchev–Trinajstić information content (AvgIpc) is 2.41. The summed E-state index contributed by atoms with van der Waals surface area (Å²) in [4.78, 5) is 0. The molecule has 0 spiro atoms. The van der Waals surface area contributed by atoms with Gasteiger partial charge in [0.15, 0.2) is 0 Å². The molecule has 1 aromatic heterocycles. The molecule has 1 atom stereocenters. The molecular weight excluding hydrogens is 164 g/mol. The van der Waals surface area contributed by atoms with Crippen molar-refractivity contribution in [3.05, 3.63) is 23.2 Å². The van der Waals surface area contributed by atoms with Crippen LogP contribution in [-0.4, -0.2) is 0 Å². The van der Waals surface area contributed by atoms with Crippen molar-refractivity contribution < 1.29 is 4.42 Å². The lowest BCUT2D eigenvalue weighted by Gasteiger charge is -2.10. The quantitative estimate of drug-likeness (QED) is 0.418. The molecule has 0 bridgehead atoms. The van der Waals surface area contributed by atoms with E-state index in [0.29, 0.717) is 6.42 Å². The summed E-state index contributed by atoms with van der Waals surface area (Å²) in [5.41, 5.74) is 3.71. The molecule has 70 valence electrons. The second kappa shape index (κ2) is 4.13. The summed E-state index contributed by atoms with van der Waals surface area (Å²) in [6.07, 6.45) is 5.79. The summed E-state index contributed by atoms with van der Waals surface area (Å²) in [5.74, 6) is 9.70. The van der Waals surface area contributed by atoms with Crippen molar-refractivity contribution in [2.24, 2.45) is 5.84 Å². The second-order valence-electron chi connectivity index (χ2n) is 3.00. The Morgan fingerprint density at radius 2 is 2.38 bits per heavy atom. The summed E-state index contributed by atoms with van der Waals surface area (Å²) in [5, 5.41) is 0. The number of rotatable bonds is 3. The van der Waals surface area contributed by atoms with Gasteiger partial charge in [-0.1, -0.05) is 0 Å². The van der Waals surface area contributed by atoms with Gasteiger partial charge in [0, 0.05) is 12.0 Å². The minimum atomic E-state index is -0.0116. The van der Waals surface area contributed by atoms with Crippen LogP contribution < -0.4 is 11.3 Å². The molecule has 1 unspecified atom stereocenters. The van der Waals surface area contributed by atoms with E-state index in [1.165, 1.54) is 0 Å². The molecule has 13 heavy (non-hydrogen) atoms. The number of furan rings is 1. The second-order valence-corrected chi connectivity index (χ2v) is 3.00. The highest BCUT2D eigenvalue weighted by Gasteiger charge is 2.14. The van der Waals surface area contributed by atoms with Crippen LogP contribution in [0, 0.1) is 26.2 Å². The van der Waals surface area contributed by atoms with Crippen LogP contribution in [0.25, 0.3) is 0 Å². The molecular formula is C10H14N2O. The summed E-state index contributed by atoms with van der Waals surface area (Å²) in [6.45, 7) is 3.81. The molecule has 1 aromatic rings. The molecule has 0 amide bonds. The molecule has 0 saturated carbocycles. The Kier molecular flexibility index (Phi) is 3.13. The predicted molar refractivity (Wildman–Crippen MR) is 51.7 cm³/mol. The van der Waals surface area contributed by atoms with Gasteiger partial charge >= 0.3 is 0 Å². The van der Waals surface area contributed by atoms with Crippen molar-refractivity contribution in [2.75, 3.05) is 0 Å². The van der Waals surface area contributed by atoms with Crippen LogP contribution in [-0.2, 0) is 0 Å². The molecule has 3 heteroatoms. The van der Waals surface area contributed by atoms with Crippen LogP contribution in [0.15, 0.2) is 10.5 Å². The Labute approximate surface area is 78.3 Å². The molecule has 1 rings (SSSR count). The molecule has 1 heterocycles. The fraction of sp³-hybridized carbons (Fsp3) is 0.400. The zero-order valence-corrected chi connectivity index (χ0v) is 7.92. The van der Waals surface area contributed by atoms with Crippen LogP contribution in [0.5, 0.6) is 0 Å². The lowest BCUT2D eigenvalue weighted by atomic mass is 10.1. The maximum atomic E-state index is 5.38. The number of hydrazine groups is 1. The van der Waals surface area contributed by atoms with Crippen molar-refractivity contribution in [2.45, 2.75) is 26.3 Å². The SMILES string of the molecule is C#CCC(NN)c1cc(C)oc1C. The smallest absolute Gasteiger partial charge is 0.105 e. The minimum absolute atomic E-state index is 0.0116. The van der Waals surface area contributed by atoms with E-state index < -0.39 is 0 Å². The van der Waals surface area contributed by atoms with Gasteiger partial charge < -0.3 is 4.42 Å². The number of hydrogen-bond acceptors (Lipinski definition) is 3. The fourth-order valence-corrected chi connectivity index (χ4v) is 1.37. The first-order chi connectivity index (χ1) is 6.19. The lowest BCUT2D eigenvalue weighted by Crippen LogP contribution is -2.27. The lowest BCUT2D eigenvalue weighted by molar-refractivity contribution is 0.487.